The number of ether oxygens (including phenoxy) is 2. The number of hydrogen-bond donors (Lipinski definition) is 1. The molecule has 0 amide bonds. The number of nitrogens with zero attached hydrogens (tertiary/aromatic N) is 1. The minimum absolute atomic E-state index is 0.251. The van der Waals surface area contributed by atoms with Gasteiger partial charge in [0.15, 0.2) is 5.11 Å². The minimum atomic E-state index is 0.251. The molecule has 0 radical (unpaired) electrons. The second kappa shape index (κ2) is 7.04. The summed E-state index contributed by atoms with van der Waals surface area (Å²) in [6.45, 7) is 4.32. The van der Waals surface area contributed by atoms with Crippen LogP contribution in [0.1, 0.15) is 19.8 Å². The van der Waals surface area contributed by atoms with Crippen LogP contribution in [0.3, 0.4) is 0 Å². The third-order valence-corrected chi connectivity index (χ3v) is 2.92. The topological polar surface area (TPSA) is 33.7 Å². The Morgan fingerprint density at radius 2 is 2.12 bits per heavy atom. The Morgan fingerprint density at radius 3 is 2.62 bits per heavy atom. The minimum Gasteiger partial charge on any atom is -0.383 e. The standard InChI is InChI=1S/C11H22N2O2S/c1-9(8-15-3)12-11(16)13(6-7-14-2)10-4-5-10/h9-10H,4-8H2,1-3H3,(H,12,16). The Hall–Kier alpha value is -0.390. The number of hydrogen-bond acceptors (Lipinski definition) is 3. The van der Waals surface area contributed by atoms with Gasteiger partial charge in [-0.1, -0.05) is 0 Å². The van der Waals surface area contributed by atoms with Crippen molar-refractivity contribution in [3.8, 4) is 0 Å². The second-order valence-corrected chi connectivity index (χ2v) is 4.61. The van der Waals surface area contributed by atoms with Gasteiger partial charge in [-0.05, 0) is 32.0 Å². The molecule has 0 heterocycles. The smallest absolute Gasteiger partial charge is 0.169 e. The van der Waals surface area contributed by atoms with Crippen molar-refractivity contribution in [1.82, 2.24) is 10.2 Å². The van der Waals surface area contributed by atoms with Crippen molar-refractivity contribution in [2.45, 2.75) is 31.8 Å². The van der Waals surface area contributed by atoms with Gasteiger partial charge >= 0.3 is 0 Å². The highest BCUT2D eigenvalue weighted by atomic mass is 32.1. The fourth-order valence-corrected chi connectivity index (χ4v) is 2.05. The van der Waals surface area contributed by atoms with Crippen molar-refractivity contribution in [1.29, 1.82) is 0 Å². The highest BCUT2D eigenvalue weighted by molar-refractivity contribution is 7.80. The van der Waals surface area contributed by atoms with Gasteiger partial charge < -0.3 is 19.7 Å². The zero-order valence-electron chi connectivity index (χ0n) is 10.4. The SMILES string of the molecule is COCCN(C(=S)NC(C)COC)C1CC1. The van der Waals surface area contributed by atoms with Gasteiger partial charge in [0.05, 0.1) is 13.2 Å². The summed E-state index contributed by atoms with van der Waals surface area (Å²) in [5, 5.41) is 4.11. The van der Waals surface area contributed by atoms with Crippen LogP contribution in [0.15, 0.2) is 0 Å². The molecular formula is C11H22N2O2S. The van der Waals surface area contributed by atoms with E-state index < -0.39 is 0 Å². The molecule has 94 valence electrons. The summed E-state index contributed by atoms with van der Waals surface area (Å²) in [6, 6.07) is 0.867. The lowest BCUT2D eigenvalue weighted by atomic mass is 10.3. The molecule has 0 bridgehead atoms. The highest BCUT2D eigenvalue weighted by Crippen LogP contribution is 2.26. The molecule has 1 N–H and O–H groups in total. The molecule has 1 rings (SSSR count). The average Bonchev–Trinajstić information content (AvgIpc) is 3.02. The summed E-state index contributed by atoms with van der Waals surface area (Å²) < 4.78 is 10.2. The van der Waals surface area contributed by atoms with Gasteiger partial charge in [-0.3, -0.25) is 0 Å². The van der Waals surface area contributed by atoms with Crippen molar-refractivity contribution < 1.29 is 9.47 Å². The van der Waals surface area contributed by atoms with Crippen molar-refractivity contribution in [2.24, 2.45) is 0 Å². The maximum absolute atomic E-state index is 5.40. The summed E-state index contributed by atoms with van der Waals surface area (Å²) in [5.74, 6) is 0. The summed E-state index contributed by atoms with van der Waals surface area (Å²) in [5.41, 5.74) is 0. The van der Waals surface area contributed by atoms with Gasteiger partial charge in [-0.25, -0.2) is 0 Å². The molecule has 5 heteroatoms. The van der Waals surface area contributed by atoms with Gasteiger partial charge in [0, 0.05) is 32.8 Å². The molecule has 1 unspecified atom stereocenters. The number of rotatable bonds is 7. The number of thiocarbonyl (C=S) groups is 1. The summed E-state index contributed by atoms with van der Waals surface area (Å²) in [6.07, 6.45) is 2.48. The largest absolute Gasteiger partial charge is 0.383 e. The van der Waals surface area contributed by atoms with E-state index in [-0.39, 0.29) is 6.04 Å². The van der Waals surface area contributed by atoms with Crippen molar-refractivity contribution >= 4 is 17.3 Å². The Kier molecular flexibility index (Phi) is 6.01. The maximum Gasteiger partial charge on any atom is 0.169 e. The molecule has 16 heavy (non-hydrogen) atoms. The van der Waals surface area contributed by atoms with Crippen molar-refractivity contribution in [3.63, 3.8) is 0 Å². The van der Waals surface area contributed by atoms with E-state index in [0.29, 0.717) is 12.6 Å². The fourth-order valence-electron chi connectivity index (χ4n) is 1.61. The van der Waals surface area contributed by atoms with Crippen LogP contribution in [0.25, 0.3) is 0 Å². The quantitative estimate of drug-likeness (QED) is 0.678. The lowest BCUT2D eigenvalue weighted by Crippen LogP contribution is -2.47. The molecule has 0 aromatic carbocycles. The lowest BCUT2D eigenvalue weighted by molar-refractivity contribution is 0.167. The predicted octanol–water partition coefficient (Wildman–Crippen LogP) is 1.01. The number of methoxy groups -OCH3 is 2. The molecule has 1 aliphatic carbocycles. The molecule has 0 spiro atoms. The number of nitrogens with one attached hydrogen (secondary N) is 1. The normalized spacial score (nSPS) is 16.9. The summed E-state index contributed by atoms with van der Waals surface area (Å²) in [7, 11) is 3.42. The van der Waals surface area contributed by atoms with Gasteiger partial charge in [-0.2, -0.15) is 0 Å². The first-order chi connectivity index (χ1) is 7.69. The van der Waals surface area contributed by atoms with Crippen LogP contribution < -0.4 is 5.32 Å². The molecule has 1 aliphatic rings. The molecule has 1 fully saturated rings. The highest BCUT2D eigenvalue weighted by Gasteiger charge is 2.30. The van der Waals surface area contributed by atoms with Crippen LogP contribution in [0.5, 0.6) is 0 Å². The van der Waals surface area contributed by atoms with Gasteiger partial charge in [0.2, 0.25) is 0 Å². The fraction of sp³-hybridized carbons (Fsp3) is 0.909. The van der Waals surface area contributed by atoms with Crippen LogP contribution in [0.4, 0.5) is 0 Å². The predicted molar refractivity (Wildman–Crippen MR) is 68.7 cm³/mol. The Balaban J connectivity index is 2.34. The van der Waals surface area contributed by atoms with E-state index in [4.69, 9.17) is 21.7 Å². The first kappa shape index (κ1) is 13.7. The van der Waals surface area contributed by atoms with Crippen molar-refractivity contribution in [3.05, 3.63) is 0 Å². The molecule has 1 atom stereocenters. The Labute approximate surface area is 103 Å². The molecule has 0 aromatic rings. The van der Waals surface area contributed by atoms with Crippen LogP contribution in [-0.4, -0.2) is 56.1 Å². The molecular weight excluding hydrogens is 224 g/mol. The summed E-state index contributed by atoms with van der Waals surface area (Å²) >= 11 is 5.40. The van der Waals surface area contributed by atoms with E-state index in [2.05, 4.69) is 17.1 Å². The monoisotopic (exact) mass is 246 g/mol. The molecule has 0 aromatic heterocycles. The van der Waals surface area contributed by atoms with E-state index in [9.17, 15) is 0 Å². The Morgan fingerprint density at radius 1 is 1.44 bits per heavy atom. The maximum atomic E-state index is 5.40. The molecule has 0 aliphatic heterocycles. The second-order valence-electron chi connectivity index (χ2n) is 4.22. The Bertz CT molecular complexity index is 222. The average molecular weight is 246 g/mol. The third-order valence-electron chi connectivity index (χ3n) is 2.57. The van der Waals surface area contributed by atoms with E-state index in [1.165, 1.54) is 12.8 Å². The van der Waals surface area contributed by atoms with Crippen LogP contribution in [0, 0.1) is 0 Å². The zero-order valence-corrected chi connectivity index (χ0v) is 11.2. The zero-order chi connectivity index (χ0) is 12.0. The summed E-state index contributed by atoms with van der Waals surface area (Å²) in [4.78, 5) is 2.23. The van der Waals surface area contributed by atoms with Crippen molar-refractivity contribution in [2.75, 3.05) is 34.0 Å². The van der Waals surface area contributed by atoms with E-state index in [0.717, 1.165) is 18.3 Å². The molecule has 4 nitrogen and oxygen atoms in total. The molecule has 0 saturated heterocycles. The van der Waals surface area contributed by atoms with E-state index in [1.54, 1.807) is 14.2 Å². The molecule has 1 saturated carbocycles. The van der Waals surface area contributed by atoms with E-state index in [1.807, 2.05) is 0 Å². The van der Waals surface area contributed by atoms with Crippen LogP contribution in [-0.2, 0) is 9.47 Å². The van der Waals surface area contributed by atoms with Crippen LogP contribution >= 0.6 is 12.2 Å². The van der Waals surface area contributed by atoms with Gasteiger partial charge in [0.1, 0.15) is 0 Å². The lowest BCUT2D eigenvalue weighted by Gasteiger charge is -2.27. The van der Waals surface area contributed by atoms with Gasteiger partial charge in [-0.15, -0.1) is 0 Å². The first-order valence-corrected chi connectivity index (χ1v) is 6.15. The van der Waals surface area contributed by atoms with Crippen LogP contribution in [0.2, 0.25) is 0 Å². The van der Waals surface area contributed by atoms with E-state index >= 15 is 0 Å². The van der Waals surface area contributed by atoms with Gasteiger partial charge in [0.25, 0.3) is 0 Å². The first-order valence-electron chi connectivity index (χ1n) is 5.74. The third kappa shape index (κ3) is 4.63.